The number of hydrogen-bond donors (Lipinski definition) is 3. The van der Waals surface area contributed by atoms with Gasteiger partial charge in [-0.1, -0.05) is 24.3 Å². The highest BCUT2D eigenvalue weighted by Gasteiger charge is 2.08. The van der Waals surface area contributed by atoms with E-state index in [4.69, 9.17) is 10.9 Å². The van der Waals surface area contributed by atoms with Crippen molar-refractivity contribution in [2.75, 3.05) is 5.32 Å². The van der Waals surface area contributed by atoms with Gasteiger partial charge in [0.2, 0.25) is 0 Å². The molecule has 0 aliphatic carbocycles. The van der Waals surface area contributed by atoms with Crippen molar-refractivity contribution in [1.82, 2.24) is 0 Å². The molecule has 0 fully saturated rings. The minimum Gasteiger partial charge on any atom is -0.481 e. The molecule has 1 amide bonds. The summed E-state index contributed by atoms with van der Waals surface area (Å²) in [6.07, 6.45) is 1.36. The van der Waals surface area contributed by atoms with Crippen LogP contribution in [-0.4, -0.2) is 23.2 Å². The van der Waals surface area contributed by atoms with E-state index >= 15 is 0 Å². The van der Waals surface area contributed by atoms with Crippen LogP contribution in [0.5, 0.6) is 0 Å². The third-order valence-electron chi connectivity index (χ3n) is 2.91. The summed E-state index contributed by atoms with van der Waals surface area (Å²) in [5.41, 5.74) is 2.34. The van der Waals surface area contributed by atoms with Crippen LogP contribution in [0.2, 0.25) is 0 Å². The van der Waals surface area contributed by atoms with Gasteiger partial charge >= 0.3 is 5.97 Å². The van der Waals surface area contributed by atoms with Crippen LogP contribution in [-0.2, 0) is 11.2 Å². The fourth-order valence-corrected chi connectivity index (χ4v) is 1.98. The van der Waals surface area contributed by atoms with Crippen molar-refractivity contribution in [3.05, 3.63) is 65.2 Å². The number of anilines is 1. The van der Waals surface area contributed by atoms with Crippen LogP contribution >= 0.6 is 0 Å². The summed E-state index contributed by atoms with van der Waals surface area (Å²) >= 11 is 0. The molecule has 0 heterocycles. The Morgan fingerprint density at radius 1 is 1.18 bits per heavy atom. The highest BCUT2D eigenvalue weighted by atomic mass is 16.4. The lowest BCUT2D eigenvalue weighted by Crippen LogP contribution is -2.12. The normalized spacial score (nSPS) is 10.5. The molecule has 2 rings (SSSR count). The average molecular weight is 297 g/mol. The number of rotatable bonds is 5. The van der Waals surface area contributed by atoms with Crippen molar-refractivity contribution < 1.29 is 14.7 Å². The Morgan fingerprint density at radius 3 is 2.68 bits per heavy atom. The first-order valence-electron chi connectivity index (χ1n) is 6.54. The summed E-state index contributed by atoms with van der Waals surface area (Å²) in [6, 6.07) is 13.6. The number of carboxylic acid groups (broad SMARTS) is 1. The minimum atomic E-state index is -0.919. The maximum Gasteiger partial charge on any atom is 0.307 e. The van der Waals surface area contributed by atoms with E-state index < -0.39 is 5.97 Å². The Balaban J connectivity index is 2.14. The van der Waals surface area contributed by atoms with Crippen molar-refractivity contribution in [3.8, 4) is 0 Å². The lowest BCUT2D eigenvalue weighted by atomic mass is 10.1. The van der Waals surface area contributed by atoms with Crippen molar-refractivity contribution >= 4 is 23.8 Å². The zero-order chi connectivity index (χ0) is 15.9. The summed E-state index contributed by atoms with van der Waals surface area (Å²) in [6.45, 7) is 0. The van der Waals surface area contributed by atoms with Gasteiger partial charge in [0, 0.05) is 11.3 Å². The first-order valence-corrected chi connectivity index (χ1v) is 6.54. The predicted molar refractivity (Wildman–Crippen MR) is 84.0 cm³/mol. The number of amides is 1. The molecule has 4 N–H and O–H groups in total. The van der Waals surface area contributed by atoms with E-state index in [2.05, 4.69) is 10.4 Å². The molecule has 0 atom stereocenters. The van der Waals surface area contributed by atoms with Crippen molar-refractivity contribution in [3.63, 3.8) is 0 Å². The number of hydrazone groups is 1. The Morgan fingerprint density at radius 2 is 1.95 bits per heavy atom. The van der Waals surface area contributed by atoms with E-state index in [9.17, 15) is 9.59 Å². The molecule has 0 aromatic heterocycles. The summed E-state index contributed by atoms with van der Waals surface area (Å²) in [4.78, 5) is 22.9. The van der Waals surface area contributed by atoms with Crippen LogP contribution in [0.1, 0.15) is 21.5 Å². The summed E-state index contributed by atoms with van der Waals surface area (Å²) in [5, 5.41) is 14.9. The van der Waals surface area contributed by atoms with Crippen LogP contribution in [0.15, 0.2) is 53.6 Å². The molecule has 0 spiro atoms. The SMILES string of the molecule is NN=Cc1cccc(C(=O)Nc2cccc(CC(=O)O)c2)c1. The van der Waals surface area contributed by atoms with Crippen LogP contribution in [0.3, 0.4) is 0 Å². The number of benzene rings is 2. The standard InChI is InChI=1S/C16H15N3O3/c17-18-10-12-4-1-5-13(7-12)16(22)19-14-6-2-3-11(8-14)9-15(20)21/h1-8,10H,9,17H2,(H,19,22)(H,20,21). The Kier molecular flexibility index (Phi) is 4.87. The molecule has 0 radical (unpaired) electrons. The van der Waals surface area contributed by atoms with Crippen LogP contribution < -0.4 is 11.2 Å². The summed E-state index contributed by atoms with van der Waals surface area (Å²) in [5.74, 6) is 3.88. The zero-order valence-corrected chi connectivity index (χ0v) is 11.7. The number of carboxylic acids is 1. The van der Waals surface area contributed by atoms with Crippen LogP contribution in [0.4, 0.5) is 5.69 Å². The van der Waals surface area contributed by atoms with Crippen LogP contribution in [0, 0.1) is 0 Å². The van der Waals surface area contributed by atoms with Gasteiger partial charge in [-0.2, -0.15) is 5.10 Å². The predicted octanol–water partition coefficient (Wildman–Crippen LogP) is 1.86. The second-order valence-electron chi connectivity index (χ2n) is 4.63. The van der Waals surface area contributed by atoms with Gasteiger partial charge in [0.05, 0.1) is 12.6 Å². The highest BCUT2D eigenvalue weighted by Crippen LogP contribution is 2.13. The fraction of sp³-hybridized carbons (Fsp3) is 0.0625. The van der Waals surface area contributed by atoms with Gasteiger partial charge in [-0.05, 0) is 35.4 Å². The van der Waals surface area contributed by atoms with Crippen molar-refractivity contribution in [2.24, 2.45) is 10.9 Å². The van der Waals surface area contributed by atoms with Gasteiger partial charge in [-0.15, -0.1) is 0 Å². The molecule has 0 saturated carbocycles. The average Bonchev–Trinajstić information content (AvgIpc) is 2.47. The summed E-state index contributed by atoms with van der Waals surface area (Å²) < 4.78 is 0. The summed E-state index contributed by atoms with van der Waals surface area (Å²) in [7, 11) is 0. The molecule has 0 unspecified atom stereocenters. The number of hydrogen-bond acceptors (Lipinski definition) is 4. The van der Waals surface area contributed by atoms with Gasteiger partial charge < -0.3 is 16.3 Å². The number of carbonyl (C=O) groups excluding carboxylic acids is 1. The third kappa shape index (κ3) is 4.17. The Labute approximate surface area is 127 Å². The number of nitrogens with two attached hydrogens (primary N) is 1. The van der Waals surface area contributed by atoms with E-state index in [1.807, 2.05) is 0 Å². The third-order valence-corrected chi connectivity index (χ3v) is 2.91. The molecule has 2 aromatic rings. The molecule has 0 aliphatic rings. The molecule has 112 valence electrons. The van der Waals surface area contributed by atoms with Gasteiger partial charge in [-0.3, -0.25) is 9.59 Å². The fourth-order valence-electron chi connectivity index (χ4n) is 1.98. The quantitative estimate of drug-likeness (QED) is 0.445. The first kappa shape index (κ1) is 15.2. The molecule has 0 aliphatic heterocycles. The monoisotopic (exact) mass is 297 g/mol. The maximum absolute atomic E-state index is 12.2. The van der Waals surface area contributed by atoms with E-state index in [1.165, 1.54) is 6.21 Å². The first-order chi connectivity index (χ1) is 10.6. The number of aliphatic carboxylic acids is 1. The van der Waals surface area contributed by atoms with E-state index in [1.54, 1.807) is 48.5 Å². The van der Waals surface area contributed by atoms with Gasteiger partial charge in [0.25, 0.3) is 5.91 Å². The second kappa shape index (κ2) is 7.03. The highest BCUT2D eigenvalue weighted by molar-refractivity contribution is 6.05. The minimum absolute atomic E-state index is 0.0911. The molecule has 6 nitrogen and oxygen atoms in total. The van der Waals surface area contributed by atoms with Crippen molar-refractivity contribution in [1.29, 1.82) is 0 Å². The van der Waals surface area contributed by atoms with E-state index in [0.29, 0.717) is 16.8 Å². The zero-order valence-electron chi connectivity index (χ0n) is 11.7. The lowest BCUT2D eigenvalue weighted by Gasteiger charge is -2.07. The van der Waals surface area contributed by atoms with Gasteiger partial charge in [0.15, 0.2) is 0 Å². The number of nitrogens with zero attached hydrogens (tertiary/aromatic N) is 1. The second-order valence-corrected chi connectivity index (χ2v) is 4.63. The number of nitrogens with one attached hydrogen (secondary N) is 1. The number of carbonyl (C=O) groups is 2. The molecule has 0 bridgehead atoms. The molecule has 6 heteroatoms. The molecular formula is C16H15N3O3. The Bertz CT molecular complexity index is 726. The molecule has 2 aromatic carbocycles. The van der Waals surface area contributed by atoms with Gasteiger partial charge in [-0.25, -0.2) is 0 Å². The topological polar surface area (TPSA) is 105 Å². The van der Waals surface area contributed by atoms with E-state index in [-0.39, 0.29) is 12.3 Å². The van der Waals surface area contributed by atoms with Gasteiger partial charge in [0.1, 0.15) is 0 Å². The van der Waals surface area contributed by atoms with Crippen molar-refractivity contribution in [2.45, 2.75) is 6.42 Å². The molecular weight excluding hydrogens is 282 g/mol. The molecule has 0 saturated heterocycles. The molecule has 22 heavy (non-hydrogen) atoms. The smallest absolute Gasteiger partial charge is 0.307 e. The van der Waals surface area contributed by atoms with E-state index in [0.717, 1.165) is 5.56 Å². The van der Waals surface area contributed by atoms with Crippen LogP contribution in [0.25, 0.3) is 0 Å². The lowest BCUT2D eigenvalue weighted by molar-refractivity contribution is -0.136. The maximum atomic E-state index is 12.2. The Hall–Kier alpha value is -3.15. The largest absolute Gasteiger partial charge is 0.481 e.